The van der Waals surface area contributed by atoms with E-state index in [1.807, 2.05) is 6.07 Å². The summed E-state index contributed by atoms with van der Waals surface area (Å²) in [5, 5.41) is 2.94. The number of carbonyl (C=O) groups excluding carboxylic acids is 1. The van der Waals surface area contributed by atoms with Gasteiger partial charge in [0.1, 0.15) is 17.7 Å². The van der Waals surface area contributed by atoms with Crippen LogP contribution in [0.2, 0.25) is 0 Å². The van der Waals surface area contributed by atoms with E-state index in [1.54, 1.807) is 31.2 Å². The molecule has 0 heterocycles. The molecule has 0 aromatic heterocycles. The molecule has 0 bridgehead atoms. The fourth-order valence-electron chi connectivity index (χ4n) is 2.17. The second-order valence-electron chi connectivity index (χ2n) is 4.80. The van der Waals surface area contributed by atoms with Gasteiger partial charge in [0, 0.05) is 11.6 Å². The van der Waals surface area contributed by atoms with Gasteiger partial charge in [0.2, 0.25) is 5.91 Å². The zero-order chi connectivity index (χ0) is 15.4. The van der Waals surface area contributed by atoms with E-state index in [-0.39, 0.29) is 5.56 Å². The van der Waals surface area contributed by atoms with Crippen molar-refractivity contribution in [2.24, 2.45) is 5.73 Å². The molecule has 2 aromatic carbocycles. The number of rotatable bonds is 5. The second kappa shape index (κ2) is 6.45. The predicted octanol–water partition coefficient (Wildman–Crippen LogP) is 2.84. The highest BCUT2D eigenvalue weighted by Gasteiger charge is 2.22. The molecule has 0 aliphatic rings. The van der Waals surface area contributed by atoms with Gasteiger partial charge in [-0.05, 0) is 30.7 Å². The molecular weight excluding hydrogens is 274 g/mol. The van der Waals surface area contributed by atoms with E-state index in [0.29, 0.717) is 5.56 Å². The molecule has 2 atom stereocenters. The van der Waals surface area contributed by atoms with Crippen LogP contribution in [0.25, 0.3) is 0 Å². The molecule has 21 heavy (non-hydrogen) atoms. The minimum atomic E-state index is -0.774. The number of benzene rings is 2. The molecule has 2 aromatic rings. The summed E-state index contributed by atoms with van der Waals surface area (Å²) in [6.07, 6.45) is 0. The molecule has 0 aliphatic heterocycles. The van der Waals surface area contributed by atoms with Crippen LogP contribution >= 0.6 is 0 Å². The van der Waals surface area contributed by atoms with E-state index < -0.39 is 29.6 Å². The monoisotopic (exact) mass is 290 g/mol. The van der Waals surface area contributed by atoms with Crippen molar-refractivity contribution in [2.75, 3.05) is 0 Å². The highest BCUT2D eigenvalue weighted by atomic mass is 19.1. The summed E-state index contributed by atoms with van der Waals surface area (Å²) in [4.78, 5) is 11.6. The Labute approximate surface area is 121 Å². The van der Waals surface area contributed by atoms with Crippen LogP contribution in [0.3, 0.4) is 0 Å². The van der Waals surface area contributed by atoms with Crippen molar-refractivity contribution in [1.29, 1.82) is 0 Å². The van der Waals surface area contributed by atoms with Crippen LogP contribution in [-0.2, 0) is 4.79 Å². The topological polar surface area (TPSA) is 55.1 Å². The molecule has 2 rings (SSSR count). The molecule has 0 radical (unpaired) electrons. The Bertz CT molecular complexity index is 631. The maximum absolute atomic E-state index is 13.8. The minimum absolute atomic E-state index is 0.150. The number of amides is 1. The normalized spacial score (nSPS) is 13.7. The van der Waals surface area contributed by atoms with Gasteiger partial charge in [-0.3, -0.25) is 10.1 Å². The first-order valence-electron chi connectivity index (χ1n) is 6.54. The standard InChI is InChI=1S/C16H16F2N2O/c1-10(13-9-12(17)7-8-14(13)18)20-15(16(19)21)11-5-3-2-4-6-11/h2-10,15,20H,1H3,(H2,19,21)/t10-,15-/m0/s1. The Morgan fingerprint density at radius 2 is 1.81 bits per heavy atom. The smallest absolute Gasteiger partial charge is 0.239 e. The van der Waals surface area contributed by atoms with E-state index in [1.165, 1.54) is 0 Å². The first kappa shape index (κ1) is 15.1. The molecule has 0 unspecified atom stereocenters. The quantitative estimate of drug-likeness (QED) is 0.889. The summed E-state index contributed by atoms with van der Waals surface area (Å²) < 4.78 is 27.0. The molecule has 0 saturated heterocycles. The van der Waals surface area contributed by atoms with Crippen LogP contribution in [0.1, 0.15) is 30.1 Å². The minimum Gasteiger partial charge on any atom is -0.368 e. The van der Waals surface area contributed by atoms with Crippen molar-refractivity contribution in [3.63, 3.8) is 0 Å². The van der Waals surface area contributed by atoms with Gasteiger partial charge >= 0.3 is 0 Å². The number of carbonyl (C=O) groups is 1. The molecule has 3 N–H and O–H groups in total. The lowest BCUT2D eigenvalue weighted by molar-refractivity contribution is -0.120. The Balaban J connectivity index is 2.25. The van der Waals surface area contributed by atoms with Crippen LogP contribution in [0.4, 0.5) is 8.78 Å². The third-order valence-electron chi connectivity index (χ3n) is 3.26. The molecule has 3 nitrogen and oxygen atoms in total. The number of hydrogen-bond acceptors (Lipinski definition) is 2. The van der Waals surface area contributed by atoms with Gasteiger partial charge in [0.05, 0.1) is 0 Å². The lowest BCUT2D eigenvalue weighted by Gasteiger charge is -2.22. The van der Waals surface area contributed by atoms with Crippen molar-refractivity contribution >= 4 is 5.91 Å². The van der Waals surface area contributed by atoms with Crippen molar-refractivity contribution in [3.8, 4) is 0 Å². The molecule has 0 aliphatic carbocycles. The summed E-state index contributed by atoms with van der Waals surface area (Å²) in [7, 11) is 0. The highest BCUT2D eigenvalue weighted by molar-refractivity contribution is 5.81. The zero-order valence-electron chi connectivity index (χ0n) is 11.5. The number of nitrogens with two attached hydrogens (primary N) is 1. The summed E-state index contributed by atoms with van der Waals surface area (Å²) >= 11 is 0. The van der Waals surface area contributed by atoms with E-state index in [9.17, 15) is 13.6 Å². The Kier molecular flexibility index (Phi) is 4.65. The average molecular weight is 290 g/mol. The lowest BCUT2D eigenvalue weighted by atomic mass is 10.0. The van der Waals surface area contributed by atoms with Gasteiger partial charge in [-0.2, -0.15) is 0 Å². The Morgan fingerprint density at radius 3 is 2.43 bits per heavy atom. The van der Waals surface area contributed by atoms with E-state index >= 15 is 0 Å². The van der Waals surface area contributed by atoms with Gasteiger partial charge in [0.15, 0.2) is 0 Å². The zero-order valence-corrected chi connectivity index (χ0v) is 11.5. The molecule has 0 fully saturated rings. The summed E-state index contributed by atoms with van der Waals surface area (Å²) in [5.41, 5.74) is 6.22. The SMILES string of the molecule is C[C@H](N[C@H](C(N)=O)c1ccccc1)c1cc(F)ccc1F. The number of hydrogen-bond donors (Lipinski definition) is 2. The van der Waals surface area contributed by atoms with E-state index in [0.717, 1.165) is 18.2 Å². The van der Waals surface area contributed by atoms with Crippen LogP contribution in [0.5, 0.6) is 0 Å². The van der Waals surface area contributed by atoms with Crippen molar-refractivity contribution in [1.82, 2.24) is 5.32 Å². The maximum atomic E-state index is 13.8. The fourth-order valence-corrected chi connectivity index (χ4v) is 2.17. The highest BCUT2D eigenvalue weighted by Crippen LogP contribution is 2.22. The predicted molar refractivity (Wildman–Crippen MR) is 76.3 cm³/mol. The van der Waals surface area contributed by atoms with Crippen molar-refractivity contribution in [3.05, 3.63) is 71.3 Å². The third kappa shape index (κ3) is 3.64. The average Bonchev–Trinajstić information content (AvgIpc) is 2.47. The molecule has 5 heteroatoms. The van der Waals surface area contributed by atoms with E-state index in [2.05, 4.69) is 5.32 Å². The molecule has 110 valence electrons. The van der Waals surface area contributed by atoms with Crippen molar-refractivity contribution < 1.29 is 13.6 Å². The van der Waals surface area contributed by atoms with Gasteiger partial charge in [-0.1, -0.05) is 30.3 Å². The van der Waals surface area contributed by atoms with Crippen LogP contribution in [0.15, 0.2) is 48.5 Å². The van der Waals surface area contributed by atoms with Gasteiger partial charge < -0.3 is 5.73 Å². The van der Waals surface area contributed by atoms with Crippen LogP contribution in [-0.4, -0.2) is 5.91 Å². The molecular formula is C16H16F2N2O. The first-order valence-corrected chi connectivity index (χ1v) is 6.54. The van der Waals surface area contributed by atoms with Gasteiger partial charge in [0.25, 0.3) is 0 Å². The Hall–Kier alpha value is -2.27. The molecule has 0 saturated carbocycles. The van der Waals surface area contributed by atoms with Crippen LogP contribution in [0, 0.1) is 11.6 Å². The summed E-state index contributed by atoms with van der Waals surface area (Å²) in [6.45, 7) is 1.65. The molecule has 1 amide bonds. The Morgan fingerprint density at radius 1 is 1.14 bits per heavy atom. The molecule has 0 spiro atoms. The van der Waals surface area contributed by atoms with Gasteiger partial charge in [-0.25, -0.2) is 8.78 Å². The fraction of sp³-hybridized carbons (Fsp3) is 0.188. The number of primary amides is 1. The largest absolute Gasteiger partial charge is 0.368 e. The lowest BCUT2D eigenvalue weighted by Crippen LogP contribution is -2.35. The summed E-state index contributed by atoms with van der Waals surface area (Å²) in [6, 6.07) is 10.7. The van der Waals surface area contributed by atoms with E-state index in [4.69, 9.17) is 5.73 Å². The van der Waals surface area contributed by atoms with Crippen LogP contribution < -0.4 is 11.1 Å². The third-order valence-corrected chi connectivity index (χ3v) is 3.26. The maximum Gasteiger partial charge on any atom is 0.239 e. The number of nitrogens with one attached hydrogen (secondary N) is 1. The first-order chi connectivity index (χ1) is 9.99. The summed E-state index contributed by atoms with van der Waals surface area (Å²) in [5.74, 6) is -1.65. The second-order valence-corrected chi connectivity index (χ2v) is 4.80. The van der Waals surface area contributed by atoms with Crippen molar-refractivity contribution in [2.45, 2.75) is 19.0 Å². The number of halogens is 2. The van der Waals surface area contributed by atoms with Gasteiger partial charge in [-0.15, -0.1) is 0 Å².